The highest BCUT2D eigenvalue weighted by molar-refractivity contribution is 5.82. The van der Waals surface area contributed by atoms with Gasteiger partial charge in [-0.1, -0.05) is 0 Å². The summed E-state index contributed by atoms with van der Waals surface area (Å²) in [6.45, 7) is 4.79. The Kier molecular flexibility index (Phi) is 4.26. The van der Waals surface area contributed by atoms with Crippen molar-refractivity contribution in [3.8, 4) is 0 Å². The van der Waals surface area contributed by atoms with Crippen molar-refractivity contribution in [1.29, 1.82) is 5.41 Å². The quantitative estimate of drug-likeness (QED) is 0.564. The highest BCUT2D eigenvalue weighted by Gasteiger charge is 2.41. The number of hydrogen-bond acceptors (Lipinski definition) is 5. The predicted octanol–water partition coefficient (Wildman–Crippen LogP) is 0.351. The van der Waals surface area contributed by atoms with Gasteiger partial charge in [0.25, 0.3) is 0 Å². The van der Waals surface area contributed by atoms with Crippen molar-refractivity contribution in [2.45, 2.75) is 43.4 Å². The van der Waals surface area contributed by atoms with E-state index in [2.05, 4.69) is 4.90 Å². The van der Waals surface area contributed by atoms with E-state index in [1.54, 1.807) is 0 Å². The van der Waals surface area contributed by atoms with Crippen molar-refractivity contribution in [3.05, 3.63) is 0 Å². The zero-order valence-electron chi connectivity index (χ0n) is 12.0. The molecule has 0 saturated carbocycles. The maximum Gasteiger partial charge on any atom is 0.127 e. The van der Waals surface area contributed by atoms with E-state index in [-0.39, 0.29) is 17.5 Å². The smallest absolute Gasteiger partial charge is 0.127 e. The number of rotatable bonds is 2. The molecule has 6 heteroatoms. The van der Waals surface area contributed by atoms with Gasteiger partial charge in [0, 0.05) is 39.0 Å². The van der Waals surface area contributed by atoms with Crippen LogP contribution in [0.5, 0.6) is 0 Å². The lowest BCUT2D eigenvalue weighted by Gasteiger charge is -2.47. The molecule has 0 aromatic carbocycles. The van der Waals surface area contributed by atoms with Gasteiger partial charge in [0.1, 0.15) is 11.9 Å². The minimum Gasteiger partial charge on any atom is -0.385 e. The number of amidine groups is 1. The van der Waals surface area contributed by atoms with Gasteiger partial charge in [-0.3, -0.25) is 10.3 Å². The van der Waals surface area contributed by atoms with Gasteiger partial charge in [-0.2, -0.15) is 0 Å². The Labute approximate surface area is 120 Å². The lowest BCUT2D eigenvalue weighted by Crippen LogP contribution is -2.56. The highest BCUT2D eigenvalue weighted by Crippen LogP contribution is 2.36. The van der Waals surface area contributed by atoms with Crippen molar-refractivity contribution in [2.24, 2.45) is 5.73 Å². The zero-order valence-corrected chi connectivity index (χ0v) is 12.0. The summed E-state index contributed by atoms with van der Waals surface area (Å²) in [5.41, 5.74) is 5.60. The first-order chi connectivity index (χ1) is 9.69. The lowest BCUT2D eigenvalue weighted by atomic mass is 9.83. The van der Waals surface area contributed by atoms with E-state index >= 15 is 0 Å². The molecule has 0 aliphatic carbocycles. The van der Waals surface area contributed by atoms with Crippen LogP contribution in [0.2, 0.25) is 0 Å². The van der Waals surface area contributed by atoms with Crippen molar-refractivity contribution < 1.29 is 14.2 Å². The average Bonchev–Trinajstić information content (AvgIpc) is 2.48. The minimum atomic E-state index is -0.239. The van der Waals surface area contributed by atoms with Gasteiger partial charge in [-0.05, 0) is 25.7 Å². The van der Waals surface area contributed by atoms with Crippen LogP contribution in [0.3, 0.4) is 0 Å². The molecule has 3 aliphatic heterocycles. The van der Waals surface area contributed by atoms with Gasteiger partial charge in [0.05, 0.1) is 12.2 Å². The molecule has 3 heterocycles. The van der Waals surface area contributed by atoms with Crippen LogP contribution >= 0.6 is 0 Å². The van der Waals surface area contributed by atoms with Crippen LogP contribution in [-0.2, 0) is 14.2 Å². The van der Waals surface area contributed by atoms with Crippen LogP contribution in [0.1, 0.15) is 25.7 Å². The molecular formula is C14H25N3O3. The SMILES string of the molecule is N=C(N)C1CN(C2CCOC3(CCOCC3)C2)CCO1. The molecule has 1 spiro atoms. The van der Waals surface area contributed by atoms with Crippen molar-refractivity contribution >= 4 is 5.84 Å². The van der Waals surface area contributed by atoms with E-state index in [0.717, 1.165) is 58.6 Å². The Morgan fingerprint density at radius 3 is 2.75 bits per heavy atom. The Morgan fingerprint density at radius 2 is 2.00 bits per heavy atom. The fourth-order valence-electron chi connectivity index (χ4n) is 3.59. The van der Waals surface area contributed by atoms with E-state index in [9.17, 15) is 0 Å². The fourth-order valence-corrected chi connectivity index (χ4v) is 3.59. The summed E-state index contributed by atoms with van der Waals surface area (Å²) < 4.78 is 17.1. The van der Waals surface area contributed by atoms with E-state index < -0.39 is 0 Å². The van der Waals surface area contributed by atoms with Crippen LogP contribution in [0.4, 0.5) is 0 Å². The number of nitrogens with zero attached hydrogens (tertiary/aromatic N) is 1. The summed E-state index contributed by atoms with van der Waals surface area (Å²) in [7, 11) is 0. The van der Waals surface area contributed by atoms with Crippen molar-refractivity contribution in [3.63, 3.8) is 0 Å². The van der Waals surface area contributed by atoms with E-state index in [0.29, 0.717) is 12.6 Å². The molecule has 6 nitrogen and oxygen atoms in total. The van der Waals surface area contributed by atoms with Crippen LogP contribution in [0.25, 0.3) is 0 Å². The second kappa shape index (κ2) is 5.97. The van der Waals surface area contributed by atoms with Crippen LogP contribution in [-0.4, -0.2) is 68.0 Å². The molecular weight excluding hydrogens is 258 g/mol. The highest BCUT2D eigenvalue weighted by atomic mass is 16.5. The zero-order chi connectivity index (χ0) is 14.0. The first-order valence-corrected chi connectivity index (χ1v) is 7.60. The summed E-state index contributed by atoms with van der Waals surface area (Å²) in [4.78, 5) is 2.44. The fraction of sp³-hybridized carbons (Fsp3) is 0.929. The van der Waals surface area contributed by atoms with Crippen LogP contribution < -0.4 is 5.73 Å². The number of morpholine rings is 1. The normalized spacial score (nSPS) is 35.0. The number of ether oxygens (including phenoxy) is 3. The first kappa shape index (κ1) is 14.3. The summed E-state index contributed by atoms with van der Waals surface area (Å²) in [5, 5.41) is 7.57. The number of nitrogens with one attached hydrogen (secondary N) is 1. The summed E-state index contributed by atoms with van der Waals surface area (Å²) in [6.07, 6.45) is 3.90. The Hall–Kier alpha value is -0.690. The molecule has 0 aromatic rings. The Morgan fingerprint density at radius 1 is 1.20 bits per heavy atom. The Bertz CT molecular complexity index is 352. The first-order valence-electron chi connectivity index (χ1n) is 7.60. The standard InChI is InChI=1S/C14H25N3O3/c15-13(16)12-10-17(4-8-19-12)11-1-5-20-14(9-11)2-6-18-7-3-14/h11-12H,1-10H2,(H3,15,16). The van der Waals surface area contributed by atoms with Gasteiger partial charge in [0.2, 0.25) is 0 Å². The van der Waals surface area contributed by atoms with Gasteiger partial charge >= 0.3 is 0 Å². The minimum absolute atomic E-state index is 0.0190. The second-order valence-electron chi connectivity index (χ2n) is 6.10. The number of nitrogens with two attached hydrogens (primary N) is 1. The van der Waals surface area contributed by atoms with Crippen LogP contribution in [0.15, 0.2) is 0 Å². The summed E-state index contributed by atoms with van der Waals surface area (Å²) >= 11 is 0. The molecule has 3 saturated heterocycles. The lowest BCUT2D eigenvalue weighted by molar-refractivity contribution is -0.157. The molecule has 114 valence electrons. The van der Waals surface area contributed by atoms with E-state index in [4.69, 9.17) is 25.4 Å². The molecule has 2 unspecified atom stereocenters. The van der Waals surface area contributed by atoms with E-state index in [1.165, 1.54) is 0 Å². The van der Waals surface area contributed by atoms with Gasteiger partial charge in [-0.25, -0.2) is 0 Å². The molecule has 3 aliphatic rings. The second-order valence-corrected chi connectivity index (χ2v) is 6.10. The molecule has 0 bridgehead atoms. The third-order valence-corrected chi connectivity index (χ3v) is 4.83. The number of hydrogen-bond donors (Lipinski definition) is 2. The maximum absolute atomic E-state index is 7.57. The van der Waals surface area contributed by atoms with E-state index in [1.807, 2.05) is 0 Å². The monoisotopic (exact) mass is 283 g/mol. The third kappa shape index (κ3) is 2.98. The molecule has 3 rings (SSSR count). The van der Waals surface area contributed by atoms with Crippen molar-refractivity contribution in [2.75, 3.05) is 39.5 Å². The van der Waals surface area contributed by atoms with Crippen LogP contribution in [0, 0.1) is 5.41 Å². The molecule has 0 aromatic heterocycles. The predicted molar refractivity (Wildman–Crippen MR) is 75.0 cm³/mol. The molecule has 0 radical (unpaired) electrons. The summed E-state index contributed by atoms with van der Waals surface area (Å²) in [6, 6.07) is 0.521. The Balaban J connectivity index is 1.62. The third-order valence-electron chi connectivity index (χ3n) is 4.83. The maximum atomic E-state index is 7.57. The summed E-state index contributed by atoms with van der Waals surface area (Å²) in [5.74, 6) is 0.141. The topological polar surface area (TPSA) is 80.8 Å². The van der Waals surface area contributed by atoms with Gasteiger partial charge in [0.15, 0.2) is 0 Å². The molecule has 0 amide bonds. The van der Waals surface area contributed by atoms with Gasteiger partial charge in [-0.15, -0.1) is 0 Å². The van der Waals surface area contributed by atoms with Gasteiger partial charge < -0.3 is 19.9 Å². The largest absolute Gasteiger partial charge is 0.385 e. The molecule has 2 atom stereocenters. The van der Waals surface area contributed by atoms with Crippen molar-refractivity contribution in [1.82, 2.24) is 4.90 Å². The molecule has 20 heavy (non-hydrogen) atoms. The molecule has 3 N–H and O–H groups in total. The molecule has 3 fully saturated rings. The average molecular weight is 283 g/mol.